The molecule has 0 amide bonds. The minimum Gasteiger partial charge on any atom is -0.393 e. The van der Waals surface area contributed by atoms with Crippen molar-refractivity contribution >= 4 is 45.5 Å². The fourth-order valence-electron chi connectivity index (χ4n) is 3.58. The molecule has 0 atom stereocenters. The van der Waals surface area contributed by atoms with E-state index in [1.54, 1.807) is 12.3 Å². The molecule has 0 radical (unpaired) electrons. The maximum atomic E-state index is 12.8. The van der Waals surface area contributed by atoms with Crippen molar-refractivity contribution in [2.75, 3.05) is 23.3 Å². The van der Waals surface area contributed by atoms with Crippen molar-refractivity contribution in [3.8, 4) is 0 Å². The normalized spacial score (nSPS) is 14.6. The number of aliphatic hydroxyl groups is 1. The Morgan fingerprint density at radius 3 is 2.81 bits per heavy atom. The Morgan fingerprint density at radius 2 is 2.06 bits per heavy atom. The molecule has 0 aliphatic carbocycles. The van der Waals surface area contributed by atoms with E-state index in [1.807, 2.05) is 32.0 Å². The quantitative estimate of drug-likeness (QED) is 0.532. The molecule has 162 valence electrons. The number of benzene rings is 1. The van der Waals surface area contributed by atoms with Gasteiger partial charge in [-0.1, -0.05) is 35.1 Å². The van der Waals surface area contributed by atoms with Gasteiger partial charge >= 0.3 is 0 Å². The van der Waals surface area contributed by atoms with Crippen LogP contribution in [0.3, 0.4) is 0 Å². The van der Waals surface area contributed by atoms with Crippen molar-refractivity contribution in [3.05, 3.63) is 57.3 Å². The molecule has 3 heterocycles. The molecule has 2 N–H and O–H groups in total. The van der Waals surface area contributed by atoms with Gasteiger partial charge in [-0.05, 0) is 43.9 Å². The third kappa shape index (κ3) is 5.20. The summed E-state index contributed by atoms with van der Waals surface area (Å²) < 4.78 is 0. The summed E-state index contributed by atoms with van der Waals surface area (Å²) in [5.41, 5.74) is 1.85. The van der Waals surface area contributed by atoms with E-state index in [9.17, 15) is 9.90 Å². The van der Waals surface area contributed by atoms with Crippen LogP contribution in [-0.4, -0.2) is 45.0 Å². The Kier molecular flexibility index (Phi) is 6.50. The number of ketones is 1. The number of aromatic nitrogens is 3. The lowest BCUT2D eigenvalue weighted by molar-refractivity contribution is 0.0996. The molecular formula is C22H24ClN5O2S. The van der Waals surface area contributed by atoms with E-state index < -0.39 is 0 Å². The zero-order chi connectivity index (χ0) is 22.0. The number of thiazole rings is 1. The maximum Gasteiger partial charge on any atom is 0.188 e. The number of aryl methyl sites for hydroxylation is 2. The summed E-state index contributed by atoms with van der Waals surface area (Å²) in [6, 6.07) is 7.51. The molecule has 0 unspecified atom stereocenters. The van der Waals surface area contributed by atoms with Gasteiger partial charge in [-0.15, -0.1) is 0 Å². The van der Waals surface area contributed by atoms with Crippen molar-refractivity contribution in [1.29, 1.82) is 0 Å². The lowest BCUT2D eigenvalue weighted by atomic mass is 10.0. The SMILES string of the molecule is Cc1nc(Nc2ncc(C(=O)Cc3c(C)cccc3Cl)s2)cc(N2CCC(O)CC2)n1. The predicted molar refractivity (Wildman–Crippen MR) is 124 cm³/mol. The standard InChI is InChI=1S/C22H24ClN5O2S/c1-13-4-3-5-17(23)16(13)10-18(30)19-12-24-22(31-19)27-20-11-21(26-14(2)25-20)28-8-6-15(29)7-9-28/h3-5,11-12,15,29H,6-10H2,1-2H3,(H,24,25,26,27). The van der Waals surface area contributed by atoms with Crippen LogP contribution in [0.2, 0.25) is 5.02 Å². The summed E-state index contributed by atoms with van der Waals surface area (Å²) in [5.74, 6) is 2.08. The summed E-state index contributed by atoms with van der Waals surface area (Å²) in [6.07, 6.45) is 3.05. The number of carbonyl (C=O) groups is 1. The van der Waals surface area contributed by atoms with Crippen LogP contribution in [0, 0.1) is 13.8 Å². The van der Waals surface area contributed by atoms with E-state index in [-0.39, 0.29) is 18.3 Å². The molecule has 0 bridgehead atoms. The molecule has 0 spiro atoms. The number of nitrogens with one attached hydrogen (secondary N) is 1. The van der Waals surface area contributed by atoms with Crippen LogP contribution in [0.25, 0.3) is 0 Å². The number of hydrogen-bond acceptors (Lipinski definition) is 8. The monoisotopic (exact) mass is 457 g/mol. The molecular weight excluding hydrogens is 434 g/mol. The number of rotatable bonds is 6. The fraction of sp³-hybridized carbons (Fsp3) is 0.364. The number of aliphatic hydroxyl groups excluding tert-OH is 1. The number of carbonyl (C=O) groups excluding carboxylic acids is 1. The van der Waals surface area contributed by atoms with Crippen molar-refractivity contribution < 1.29 is 9.90 Å². The van der Waals surface area contributed by atoms with E-state index in [0.717, 1.165) is 42.9 Å². The van der Waals surface area contributed by atoms with E-state index >= 15 is 0 Å². The number of halogens is 1. The molecule has 3 aromatic rings. The zero-order valence-corrected chi connectivity index (χ0v) is 19.0. The molecule has 1 fully saturated rings. The highest BCUT2D eigenvalue weighted by atomic mass is 35.5. The largest absolute Gasteiger partial charge is 0.393 e. The summed E-state index contributed by atoms with van der Waals surface area (Å²) in [7, 11) is 0. The molecule has 4 rings (SSSR count). The topological polar surface area (TPSA) is 91.2 Å². The molecule has 2 aromatic heterocycles. The number of hydrogen-bond donors (Lipinski definition) is 2. The lowest BCUT2D eigenvalue weighted by Crippen LogP contribution is -2.36. The van der Waals surface area contributed by atoms with Crippen LogP contribution < -0.4 is 10.2 Å². The maximum absolute atomic E-state index is 12.8. The van der Waals surface area contributed by atoms with Gasteiger partial charge in [0.1, 0.15) is 17.5 Å². The summed E-state index contributed by atoms with van der Waals surface area (Å²) in [4.78, 5) is 28.8. The predicted octanol–water partition coefficient (Wildman–Crippen LogP) is 4.33. The Morgan fingerprint density at radius 1 is 1.29 bits per heavy atom. The van der Waals surface area contributed by atoms with E-state index in [2.05, 4.69) is 25.2 Å². The number of piperidine rings is 1. The molecule has 31 heavy (non-hydrogen) atoms. The van der Waals surface area contributed by atoms with Crippen LogP contribution >= 0.6 is 22.9 Å². The second-order valence-electron chi connectivity index (χ2n) is 7.67. The van der Waals surface area contributed by atoms with E-state index in [4.69, 9.17) is 11.6 Å². The molecule has 1 aliphatic heterocycles. The first kappa shape index (κ1) is 21.7. The Bertz CT molecular complexity index is 1080. The van der Waals surface area contributed by atoms with Crippen molar-refractivity contribution in [2.24, 2.45) is 0 Å². The molecule has 1 saturated heterocycles. The molecule has 9 heteroatoms. The van der Waals surface area contributed by atoms with Crippen LogP contribution in [0.5, 0.6) is 0 Å². The van der Waals surface area contributed by atoms with Crippen molar-refractivity contribution in [1.82, 2.24) is 15.0 Å². The van der Waals surface area contributed by atoms with E-state index in [0.29, 0.717) is 26.7 Å². The zero-order valence-electron chi connectivity index (χ0n) is 17.4. The molecule has 1 aromatic carbocycles. The third-order valence-electron chi connectivity index (χ3n) is 5.32. The Labute approximate surface area is 190 Å². The van der Waals surface area contributed by atoms with Gasteiger partial charge in [0.15, 0.2) is 10.9 Å². The van der Waals surface area contributed by atoms with Crippen molar-refractivity contribution in [2.45, 2.75) is 39.2 Å². The van der Waals surface area contributed by atoms with Gasteiger partial charge < -0.3 is 15.3 Å². The highest BCUT2D eigenvalue weighted by Crippen LogP contribution is 2.27. The minimum atomic E-state index is -0.238. The van der Waals surface area contributed by atoms with Crippen molar-refractivity contribution in [3.63, 3.8) is 0 Å². The van der Waals surface area contributed by atoms with Crippen LogP contribution in [0.4, 0.5) is 16.8 Å². The van der Waals surface area contributed by atoms with Gasteiger partial charge in [-0.2, -0.15) is 0 Å². The number of anilines is 3. The van der Waals surface area contributed by atoms with Gasteiger partial charge in [-0.3, -0.25) is 4.79 Å². The van der Waals surface area contributed by atoms with E-state index in [1.165, 1.54) is 11.3 Å². The summed E-state index contributed by atoms with van der Waals surface area (Å²) >= 11 is 7.56. The highest BCUT2D eigenvalue weighted by molar-refractivity contribution is 7.17. The fourth-order valence-corrected chi connectivity index (χ4v) is 4.63. The average Bonchev–Trinajstić information content (AvgIpc) is 3.19. The first-order chi connectivity index (χ1) is 14.9. The number of Topliss-reactive ketones (excluding diaryl/α,β-unsaturated/α-hetero) is 1. The van der Waals surface area contributed by atoms with Gasteiger partial charge in [0, 0.05) is 30.6 Å². The molecule has 1 aliphatic rings. The minimum absolute atomic E-state index is 0.0202. The van der Waals surface area contributed by atoms with Gasteiger partial charge in [0.2, 0.25) is 0 Å². The van der Waals surface area contributed by atoms with Crippen LogP contribution in [0.15, 0.2) is 30.5 Å². The Hall–Kier alpha value is -2.55. The van der Waals surface area contributed by atoms with Crippen LogP contribution in [0.1, 0.15) is 39.5 Å². The first-order valence-electron chi connectivity index (χ1n) is 10.2. The summed E-state index contributed by atoms with van der Waals surface area (Å²) in [5, 5.41) is 14.1. The summed E-state index contributed by atoms with van der Waals surface area (Å²) in [6.45, 7) is 5.31. The smallest absolute Gasteiger partial charge is 0.188 e. The molecule has 7 nitrogen and oxygen atoms in total. The van der Waals surface area contributed by atoms with Crippen LogP contribution in [-0.2, 0) is 6.42 Å². The van der Waals surface area contributed by atoms with Gasteiger partial charge in [-0.25, -0.2) is 15.0 Å². The lowest BCUT2D eigenvalue weighted by Gasteiger charge is -2.30. The Balaban J connectivity index is 1.47. The third-order valence-corrected chi connectivity index (χ3v) is 6.63. The highest BCUT2D eigenvalue weighted by Gasteiger charge is 2.20. The molecule has 0 saturated carbocycles. The van der Waals surface area contributed by atoms with Gasteiger partial charge in [0.05, 0.1) is 17.2 Å². The van der Waals surface area contributed by atoms with Gasteiger partial charge in [0.25, 0.3) is 0 Å². The second-order valence-corrected chi connectivity index (χ2v) is 9.10. The second kappa shape index (κ2) is 9.30. The number of nitrogens with zero attached hydrogens (tertiary/aromatic N) is 4. The average molecular weight is 458 g/mol. The first-order valence-corrected chi connectivity index (χ1v) is 11.4.